The average molecular weight is 271 g/mol. The summed E-state index contributed by atoms with van der Waals surface area (Å²) in [7, 11) is 3.95. The number of hydrogen-bond donors (Lipinski definition) is 1. The minimum Gasteiger partial charge on any atom is -0.478 e. The molecular formula is C15H17N3O2. The third-order valence-corrected chi connectivity index (χ3v) is 3.13. The van der Waals surface area contributed by atoms with Gasteiger partial charge in [-0.15, -0.1) is 0 Å². The van der Waals surface area contributed by atoms with E-state index in [1.165, 1.54) is 0 Å². The van der Waals surface area contributed by atoms with Crippen LogP contribution in [-0.4, -0.2) is 35.1 Å². The first-order valence-electron chi connectivity index (χ1n) is 6.26. The van der Waals surface area contributed by atoms with Gasteiger partial charge in [-0.25, -0.2) is 14.8 Å². The topological polar surface area (TPSA) is 66.3 Å². The summed E-state index contributed by atoms with van der Waals surface area (Å²) in [6.45, 7) is 3.38. The molecule has 5 nitrogen and oxygen atoms in total. The minimum absolute atomic E-state index is 0.179. The van der Waals surface area contributed by atoms with Crippen LogP contribution in [0.1, 0.15) is 21.7 Å². The summed E-state index contributed by atoms with van der Waals surface area (Å²) in [6, 6.07) is 7.83. The fourth-order valence-electron chi connectivity index (χ4n) is 2.06. The lowest BCUT2D eigenvalue weighted by Gasteiger charge is -2.13. The van der Waals surface area contributed by atoms with Crippen molar-refractivity contribution in [3.8, 4) is 11.4 Å². The van der Waals surface area contributed by atoms with E-state index in [0.717, 1.165) is 11.3 Å². The fourth-order valence-corrected chi connectivity index (χ4v) is 2.06. The molecule has 0 aliphatic rings. The number of carbonyl (C=O) groups is 1. The standard InChI is InChI=1S/C15H17N3O2/c1-9-13(15(19)20)10(2)17-14(16-9)11-5-7-12(8-6-11)18(3)4/h5-8H,1-4H3,(H,19,20). The number of nitrogens with zero attached hydrogens (tertiary/aromatic N) is 3. The molecule has 0 fully saturated rings. The molecule has 0 aliphatic heterocycles. The van der Waals surface area contributed by atoms with Crippen LogP contribution in [0, 0.1) is 13.8 Å². The number of rotatable bonds is 3. The Morgan fingerprint density at radius 3 is 1.95 bits per heavy atom. The van der Waals surface area contributed by atoms with E-state index in [2.05, 4.69) is 9.97 Å². The van der Waals surface area contributed by atoms with Crippen LogP contribution < -0.4 is 4.90 Å². The zero-order valence-electron chi connectivity index (χ0n) is 12.0. The number of benzene rings is 1. The van der Waals surface area contributed by atoms with Crippen LogP contribution >= 0.6 is 0 Å². The zero-order valence-corrected chi connectivity index (χ0v) is 12.0. The van der Waals surface area contributed by atoms with Gasteiger partial charge in [-0.3, -0.25) is 0 Å². The van der Waals surface area contributed by atoms with Crippen LogP contribution in [0.4, 0.5) is 5.69 Å². The third kappa shape index (κ3) is 2.61. The average Bonchev–Trinajstić information content (AvgIpc) is 2.37. The van der Waals surface area contributed by atoms with Gasteiger partial charge in [0.25, 0.3) is 0 Å². The molecule has 0 spiro atoms. The van der Waals surface area contributed by atoms with Crippen molar-refractivity contribution in [1.29, 1.82) is 0 Å². The van der Waals surface area contributed by atoms with E-state index in [1.54, 1.807) is 13.8 Å². The van der Waals surface area contributed by atoms with Crippen LogP contribution in [-0.2, 0) is 0 Å². The number of aromatic carboxylic acids is 1. The summed E-state index contributed by atoms with van der Waals surface area (Å²) in [6.07, 6.45) is 0. The van der Waals surface area contributed by atoms with Gasteiger partial charge < -0.3 is 10.0 Å². The van der Waals surface area contributed by atoms with Crippen molar-refractivity contribution in [2.24, 2.45) is 0 Å². The SMILES string of the molecule is Cc1nc(-c2ccc(N(C)C)cc2)nc(C)c1C(=O)O. The number of carboxylic acid groups (broad SMARTS) is 1. The maximum Gasteiger partial charge on any atom is 0.339 e. The Hall–Kier alpha value is -2.43. The quantitative estimate of drug-likeness (QED) is 0.929. The third-order valence-electron chi connectivity index (χ3n) is 3.13. The Labute approximate surface area is 117 Å². The first-order valence-corrected chi connectivity index (χ1v) is 6.26. The molecule has 0 aliphatic carbocycles. The lowest BCUT2D eigenvalue weighted by Crippen LogP contribution is -2.09. The van der Waals surface area contributed by atoms with Crippen molar-refractivity contribution in [1.82, 2.24) is 9.97 Å². The molecule has 0 amide bonds. The highest BCUT2D eigenvalue weighted by atomic mass is 16.4. The van der Waals surface area contributed by atoms with Gasteiger partial charge in [0.2, 0.25) is 0 Å². The molecule has 2 rings (SSSR count). The Morgan fingerprint density at radius 1 is 1.05 bits per heavy atom. The van der Waals surface area contributed by atoms with Crippen LogP contribution in [0.5, 0.6) is 0 Å². The predicted molar refractivity (Wildman–Crippen MR) is 78.2 cm³/mol. The lowest BCUT2D eigenvalue weighted by molar-refractivity contribution is 0.0694. The summed E-state index contributed by atoms with van der Waals surface area (Å²) in [4.78, 5) is 21.7. The van der Waals surface area contributed by atoms with Gasteiger partial charge in [-0.1, -0.05) is 0 Å². The van der Waals surface area contributed by atoms with E-state index in [1.807, 2.05) is 43.3 Å². The molecule has 104 valence electrons. The number of hydrogen-bond acceptors (Lipinski definition) is 4. The van der Waals surface area contributed by atoms with Gasteiger partial charge in [-0.05, 0) is 38.1 Å². The molecule has 20 heavy (non-hydrogen) atoms. The summed E-state index contributed by atoms with van der Waals surface area (Å²) < 4.78 is 0. The molecule has 0 bridgehead atoms. The number of aromatic nitrogens is 2. The summed E-state index contributed by atoms with van der Waals surface area (Å²) >= 11 is 0. The molecule has 1 N–H and O–H groups in total. The van der Waals surface area contributed by atoms with Crippen molar-refractivity contribution in [2.45, 2.75) is 13.8 Å². The first kappa shape index (κ1) is 14.0. The highest BCUT2D eigenvalue weighted by Gasteiger charge is 2.15. The Morgan fingerprint density at radius 2 is 1.55 bits per heavy atom. The fraction of sp³-hybridized carbons (Fsp3) is 0.267. The van der Waals surface area contributed by atoms with Gasteiger partial charge in [0.15, 0.2) is 5.82 Å². The first-order chi connectivity index (χ1) is 9.40. The summed E-state index contributed by atoms with van der Waals surface area (Å²) in [5.74, 6) is -0.440. The largest absolute Gasteiger partial charge is 0.478 e. The molecular weight excluding hydrogens is 254 g/mol. The zero-order chi connectivity index (χ0) is 14.9. The van der Waals surface area contributed by atoms with Gasteiger partial charge in [0, 0.05) is 25.3 Å². The van der Waals surface area contributed by atoms with E-state index in [-0.39, 0.29) is 5.56 Å². The van der Waals surface area contributed by atoms with Crippen molar-refractivity contribution in [3.05, 3.63) is 41.2 Å². The maximum atomic E-state index is 11.1. The molecule has 1 heterocycles. The van der Waals surface area contributed by atoms with Crippen LogP contribution in [0.25, 0.3) is 11.4 Å². The normalized spacial score (nSPS) is 10.4. The van der Waals surface area contributed by atoms with Crippen molar-refractivity contribution in [3.63, 3.8) is 0 Å². The smallest absolute Gasteiger partial charge is 0.339 e. The van der Waals surface area contributed by atoms with Crippen molar-refractivity contribution >= 4 is 11.7 Å². The Balaban J connectivity index is 2.46. The molecule has 1 aromatic heterocycles. The van der Waals surface area contributed by atoms with Gasteiger partial charge in [0.1, 0.15) is 5.56 Å². The lowest BCUT2D eigenvalue weighted by atomic mass is 10.1. The number of aryl methyl sites for hydroxylation is 2. The number of anilines is 1. The van der Waals surface area contributed by atoms with Gasteiger partial charge >= 0.3 is 5.97 Å². The van der Waals surface area contributed by atoms with E-state index in [9.17, 15) is 4.79 Å². The molecule has 0 atom stereocenters. The van der Waals surface area contributed by atoms with Gasteiger partial charge in [0.05, 0.1) is 11.4 Å². The van der Waals surface area contributed by atoms with E-state index in [0.29, 0.717) is 17.2 Å². The van der Waals surface area contributed by atoms with E-state index >= 15 is 0 Å². The Bertz CT molecular complexity index is 626. The minimum atomic E-state index is -0.991. The second-order valence-electron chi connectivity index (χ2n) is 4.84. The molecule has 1 aromatic carbocycles. The highest BCUT2D eigenvalue weighted by Crippen LogP contribution is 2.21. The summed E-state index contributed by atoms with van der Waals surface area (Å²) in [5.41, 5.74) is 3.11. The van der Waals surface area contributed by atoms with Gasteiger partial charge in [-0.2, -0.15) is 0 Å². The molecule has 0 saturated carbocycles. The molecule has 0 radical (unpaired) electrons. The predicted octanol–water partition coefficient (Wildman–Crippen LogP) is 2.52. The number of carboxylic acids is 1. The summed E-state index contributed by atoms with van der Waals surface area (Å²) in [5, 5.41) is 9.12. The second-order valence-corrected chi connectivity index (χ2v) is 4.84. The van der Waals surface area contributed by atoms with Crippen molar-refractivity contribution in [2.75, 3.05) is 19.0 Å². The van der Waals surface area contributed by atoms with Crippen LogP contribution in [0.2, 0.25) is 0 Å². The van der Waals surface area contributed by atoms with Crippen LogP contribution in [0.3, 0.4) is 0 Å². The van der Waals surface area contributed by atoms with Crippen molar-refractivity contribution < 1.29 is 9.90 Å². The molecule has 0 saturated heterocycles. The monoisotopic (exact) mass is 271 g/mol. The molecule has 2 aromatic rings. The van der Waals surface area contributed by atoms with E-state index in [4.69, 9.17) is 5.11 Å². The highest BCUT2D eigenvalue weighted by molar-refractivity contribution is 5.90. The Kier molecular flexibility index (Phi) is 3.70. The molecule has 5 heteroatoms. The second kappa shape index (κ2) is 5.28. The molecule has 0 unspecified atom stereocenters. The van der Waals surface area contributed by atoms with E-state index < -0.39 is 5.97 Å². The van der Waals surface area contributed by atoms with Crippen LogP contribution in [0.15, 0.2) is 24.3 Å². The maximum absolute atomic E-state index is 11.1.